The van der Waals surface area contributed by atoms with Crippen LogP contribution >= 0.6 is 0 Å². The Morgan fingerprint density at radius 1 is 0.964 bits per heavy atom. The van der Waals surface area contributed by atoms with E-state index in [9.17, 15) is 18.4 Å². The normalized spacial score (nSPS) is 14.9. The first-order valence-corrected chi connectivity index (χ1v) is 9.33. The van der Waals surface area contributed by atoms with Crippen molar-refractivity contribution in [1.29, 1.82) is 0 Å². The predicted molar refractivity (Wildman–Crippen MR) is 104 cm³/mol. The molecular formula is C20H24F2N4O2. The molecule has 2 amide bonds. The molecule has 28 heavy (non-hydrogen) atoms. The fourth-order valence-electron chi connectivity index (χ4n) is 3.35. The van der Waals surface area contributed by atoms with Gasteiger partial charge in [0.15, 0.2) is 0 Å². The van der Waals surface area contributed by atoms with Gasteiger partial charge in [0.25, 0.3) is 5.91 Å². The van der Waals surface area contributed by atoms with Gasteiger partial charge in [0, 0.05) is 17.1 Å². The third-order valence-corrected chi connectivity index (χ3v) is 4.79. The Hall–Kier alpha value is -2.74. The summed E-state index contributed by atoms with van der Waals surface area (Å²) in [4.78, 5) is 26.6. The number of anilines is 2. The van der Waals surface area contributed by atoms with E-state index in [2.05, 4.69) is 15.5 Å². The summed E-state index contributed by atoms with van der Waals surface area (Å²) in [5, 5.41) is 5.43. The summed E-state index contributed by atoms with van der Waals surface area (Å²) in [6, 6.07) is 9.42. The molecule has 1 aliphatic heterocycles. The van der Waals surface area contributed by atoms with Crippen molar-refractivity contribution in [2.24, 2.45) is 0 Å². The Morgan fingerprint density at radius 3 is 2.18 bits per heavy atom. The first kappa shape index (κ1) is 20.0. The number of aromatic nitrogens is 1. The lowest BCUT2D eigenvalue weighted by Crippen LogP contribution is -2.36. The highest BCUT2D eigenvalue weighted by Gasteiger charge is 2.19. The first-order valence-electron chi connectivity index (χ1n) is 9.33. The highest BCUT2D eigenvalue weighted by molar-refractivity contribution is 6.03. The molecule has 2 N–H and O–H groups in total. The van der Waals surface area contributed by atoms with Crippen LogP contribution in [-0.4, -0.2) is 40.9 Å². The van der Waals surface area contributed by atoms with Gasteiger partial charge in [-0.05, 0) is 69.3 Å². The van der Waals surface area contributed by atoms with Crippen LogP contribution in [0.4, 0.5) is 20.2 Å². The molecule has 6 nitrogen and oxygen atoms in total. The van der Waals surface area contributed by atoms with Crippen LogP contribution in [0.15, 0.2) is 36.4 Å². The summed E-state index contributed by atoms with van der Waals surface area (Å²) >= 11 is 0. The van der Waals surface area contributed by atoms with E-state index in [-0.39, 0.29) is 11.6 Å². The van der Waals surface area contributed by atoms with Gasteiger partial charge in [0.2, 0.25) is 5.91 Å². The zero-order valence-corrected chi connectivity index (χ0v) is 15.8. The zero-order chi connectivity index (χ0) is 20.1. The van der Waals surface area contributed by atoms with Gasteiger partial charge in [0.05, 0.1) is 6.54 Å². The van der Waals surface area contributed by atoms with Gasteiger partial charge < -0.3 is 10.6 Å². The molecule has 8 heteroatoms. The minimum Gasteiger partial charge on any atom is -0.325 e. The Bertz CT molecular complexity index is 827. The van der Waals surface area contributed by atoms with E-state index in [1.54, 1.807) is 24.3 Å². The molecule has 0 bridgehead atoms. The molecular weight excluding hydrogens is 366 g/mol. The van der Waals surface area contributed by atoms with Crippen molar-refractivity contribution in [2.45, 2.75) is 32.7 Å². The molecule has 1 saturated heterocycles. The lowest BCUT2D eigenvalue weighted by Gasteiger charge is -2.25. The summed E-state index contributed by atoms with van der Waals surface area (Å²) in [7, 11) is 0. The number of amides is 2. The van der Waals surface area contributed by atoms with Crippen molar-refractivity contribution in [3.8, 4) is 0 Å². The van der Waals surface area contributed by atoms with E-state index >= 15 is 0 Å². The lowest BCUT2D eigenvalue weighted by molar-refractivity contribution is -0.117. The molecule has 1 aromatic heterocycles. The van der Waals surface area contributed by atoms with Gasteiger partial charge in [-0.15, -0.1) is 0 Å². The molecule has 1 fully saturated rings. The van der Waals surface area contributed by atoms with Crippen molar-refractivity contribution >= 4 is 23.2 Å². The molecule has 0 unspecified atom stereocenters. The predicted octanol–water partition coefficient (Wildman–Crippen LogP) is 3.87. The second-order valence-electron chi connectivity index (χ2n) is 6.92. The number of carbonyl (C=O) groups excluding carboxylic acids is 2. The van der Waals surface area contributed by atoms with Crippen LogP contribution in [0.5, 0.6) is 0 Å². The maximum atomic E-state index is 13.1. The van der Waals surface area contributed by atoms with Crippen molar-refractivity contribution in [3.63, 3.8) is 0 Å². The number of piperidine rings is 1. The van der Waals surface area contributed by atoms with E-state index in [0.717, 1.165) is 25.9 Å². The SMILES string of the molecule is Cc1ccc(C(=O)Nc2ccc(NC(=O)CN3CCCCC3)cc2)n1C(F)F. The Kier molecular flexibility index (Phi) is 6.41. The van der Waals surface area contributed by atoms with Crippen LogP contribution in [-0.2, 0) is 4.79 Å². The first-order chi connectivity index (χ1) is 13.4. The molecule has 2 heterocycles. The quantitative estimate of drug-likeness (QED) is 0.787. The van der Waals surface area contributed by atoms with Crippen molar-refractivity contribution in [2.75, 3.05) is 30.3 Å². The molecule has 150 valence electrons. The molecule has 0 radical (unpaired) electrons. The van der Waals surface area contributed by atoms with Crippen molar-refractivity contribution in [3.05, 3.63) is 47.8 Å². The summed E-state index contributed by atoms with van der Waals surface area (Å²) in [5.41, 5.74) is 1.28. The number of rotatable bonds is 6. The van der Waals surface area contributed by atoms with Crippen LogP contribution in [0.2, 0.25) is 0 Å². The third-order valence-electron chi connectivity index (χ3n) is 4.79. The van der Waals surface area contributed by atoms with Gasteiger partial charge in [-0.2, -0.15) is 8.78 Å². The fraction of sp³-hybridized carbons (Fsp3) is 0.400. The number of aryl methyl sites for hydroxylation is 1. The maximum Gasteiger partial charge on any atom is 0.319 e. The van der Waals surface area contributed by atoms with Crippen LogP contribution in [0.3, 0.4) is 0 Å². The summed E-state index contributed by atoms with van der Waals surface area (Å²) < 4.78 is 26.9. The van der Waals surface area contributed by atoms with Crippen LogP contribution in [0.25, 0.3) is 0 Å². The Balaban J connectivity index is 1.57. The fourth-order valence-corrected chi connectivity index (χ4v) is 3.35. The molecule has 0 atom stereocenters. The third kappa shape index (κ3) is 4.95. The molecule has 0 saturated carbocycles. The molecule has 1 aromatic carbocycles. The molecule has 0 spiro atoms. The largest absolute Gasteiger partial charge is 0.325 e. The van der Waals surface area contributed by atoms with Gasteiger partial charge in [-0.1, -0.05) is 6.42 Å². The van der Waals surface area contributed by atoms with E-state index in [1.807, 2.05) is 0 Å². The van der Waals surface area contributed by atoms with E-state index in [1.165, 1.54) is 25.5 Å². The smallest absolute Gasteiger partial charge is 0.319 e. The number of hydrogen-bond acceptors (Lipinski definition) is 3. The highest BCUT2D eigenvalue weighted by Crippen LogP contribution is 2.20. The van der Waals surface area contributed by atoms with Crippen molar-refractivity contribution < 1.29 is 18.4 Å². The van der Waals surface area contributed by atoms with Crippen LogP contribution in [0.1, 0.15) is 42.0 Å². The van der Waals surface area contributed by atoms with E-state index < -0.39 is 12.5 Å². The molecule has 2 aromatic rings. The second kappa shape index (κ2) is 8.97. The molecule has 0 aliphatic carbocycles. The molecule has 1 aliphatic rings. The minimum absolute atomic E-state index is 0.0797. The van der Waals surface area contributed by atoms with Crippen LogP contribution in [0, 0.1) is 6.92 Å². The zero-order valence-electron chi connectivity index (χ0n) is 15.8. The van der Waals surface area contributed by atoms with Crippen LogP contribution < -0.4 is 10.6 Å². The Labute approximate surface area is 162 Å². The van der Waals surface area contributed by atoms with E-state index in [4.69, 9.17) is 0 Å². The number of benzene rings is 1. The average Bonchev–Trinajstić information content (AvgIpc) is 3.06. The number of alkyl halides is 2. The van der Waals surface area contributed by atoms with Gasteiger partial charge in [-0.25, -0.2) is 0 Å². The second-order valence-corrected chi connectivity index (χ2v) is 6.92. The van der Waals surface area contributed by atoms with Gasteiger partial charge in [-0.3, -0.25) is 19.1 Å². The monoisotopic (exact) mass is 390 g/mol. The average molecular weight is 390 g/mol. The van der Waals surface area contributed by atoms with Gasteiger partial charge >= 0.3 is 6.55 Å². The number of halogens is 2. The summed E-state index contributed by atoms with van der Waals surface area (Å²) in [6.45, 7) is 0.983. The standard InChI is InChI=1S/C20H24F2N4O2/c1-14-5-10-17(26(14)20(21)22)19(28)24-16-8-6-15(7-9-16)23-18(27)13-25-11-3-2-4-12-25/h5-10,20H,2-4,11-13H2,1H3,(H,23,27)(H,24,28). The Morgan fingerprint density at radius 2 is 1.57 bits per heavy atom. The number of carbonyl (C=O) groups is 2. The number of likely N-dealkylation sites (tertiary alicyclic amines) is 1. The van der Waals surface area contributed by atoms with Crippen molar-refractivity contribution in [1.82, 2.24) is 9.47 Å². The lowest BCUT2D eigenvalue weighted by atomic mass is 10.1. The molecule has 3 rings (SSSR count). The number of nitrogens with zero attached hydrogens (tertiary/aromatic N) is 2. The number of nitrogens with one attached hydrogen (secondary N) is 2. The summed E-state index contributed by atoms with van der Waals surface area (Å²) in [6.07, 6.45) is 3.46. The topological polar surface area (TPSA) is 66.4 Å². The summed E-state index contributed by atoms with van der Waals surface area (Å²) in [5.74, 6) is -0.695. The number of hydrogen-bond donors (Lipinski definition) is 2. The highest BCUT2D eigenvalue weighted by atomic mass is 19.3. The van der Waals surface area contributed by atoms with Gasteiger partial charge in [0.1, 0.15) is 5.69 Å². The maximum absolute atomic E-state index is 13.1. The minimum atomic E-state index is -2.78. The van der Waals surface area contributed by atoms with E-state index in [0.29, 0.717) is 28.2 Å².